The van der Waals surface area contributed by atoms with Gasteiger partial charge in [-0.1, -0.05) is 36.4 Å². The lowest BCUT2D eigenvalue weighted by Crippen LogP contribution is -1.80. The number of benzene rings is 1. The highest BCUT2D eigenvalue weighted by atomic mass is 14.7. The predicted molar refractivity (Wildman–Crippen MR) is 85.9 cm³/mol. The van der Waals surface area contributed by atoms with E-state index in [-0.39, 0.29) is 0 Å². The van der Waals surface area contributed by atoms with Crippen LogP contribution in [0, 0.1) is 0 Å². The zero-order valence-corrected chi connectivity index (χ0v) is 11.1. The summed E-state index contributed by atoms with van der Waals surface area (Å²) in [6.07, 6.45) is 12.3. The molecule has 0 saturated heterocycles. The fraction of sp³-hybridized carbons (Fsp3) is 0. The Hall–Kier alpha value is -2.74. The predicted octanol–water partition coefficient (Wildman–Crippen LogP) is 4.68. The van der Waals surface area contributed by atoms with E-state index in [9.17, 15) is 0 Å². The maximum Gasteiger partial charge on any atom is 0.0380 e. The number of aromatic amines is 2. The first-order valence-corrected chi connectivity index (χ1v) is 6.64. The molecular weight excluding hydrogens is 244 g/mol. The molecule has 1 aromatic carbocycles. The van der Waals surface area contributed by atoms with Gasteiger partial charge in [0.1, 0.15) is 0 Å². The zero-order chi connectivity index (χ0) is 13.6. The van der Waals surface area contributed by atoms with Crippen molar-refractivity contribution >= 4 is 24.3 Å². The van der Waals surface area contributed by atoms with Gasteiger partial charge in [0.25, 0.3) is 0 Å². The van der Waals surface area contributed by atoms with Gasteiger partial charge in [0.15, 0.2) is 0 Å². The van der Waals surface area contributed by atoms with Crippen LogP contribution in [0.3, 0.4) is 0 Å². The summed E-state index contributed by atoms with van der Waals surface area (Å²) in [7, 11) is 0. The third kappa shape index (κ3) is 2.98. The van der Waals surface area contributed by atoms with Crippen LogP contribution in [0.25, 0.3) is 24.3 Å². The molecule has 0 atom stereocenters. The summed E-state index contributed by atoms with van der Waals surface area (Å²) >= 11 is 0. The number of hydrogen-bond donors (Lipinski definition) is 2. The lowest BCUT2D eigenvalue weighted by atomic mass is 10.1. The standard InChI is InChI=1S/C18H16N2/c1-2-6-16(10-12-18-8-4-14-20-18)15(5-1)9-11-17-7-3-13-19-17/h1-14,19-20H. The van der Waals surface area contributed by atoms with Crippen molar-refractivity contribution in [3.8, 4) is 0 Å². The largest absolute Gasteiger partial charge is 0.362 e. The van der Waals surface area contributed by atoms with Crippen molar-refractivity contribution in [3.63, 3.8) is 0 Å². The molecule has 0 bridgehead atoms. The summed E-state index contributed by atoms with van der Waals surface area (Å²) < 4.78 is 0. The average molecular weight is 260 g/mol. The van der Waals surface area contributed by atoms with E-state index in [1.165, 1.54) is 11.1 Å². The Bertz CT molecular complexity index is 638. The Kier molecular flexibility index (Phi) is 3.65. The van der Waals surface area contributed by atoms with Crippen molar-refractivity contribution in [1.29, 1.82) is 0 Å². The highest BCUT2D eigenvalue weighted by Gasteiger charge is 1.95. The minimum Gasteiger partial charge on any atom is -0.362 e. The molecule has 0 aliphatic heterocycles. The summed E-state index contributed by atoms with van der Waals surface area (Å²) in [6, 6.07) is 16.4. The summed E-state index contributed by atoms with van der Waals surface area (Å²) in [4.78, 5) is 6.34. The van der Waals surface area contributed by atoms with E-state index < -0.39 is 0 Å². The number of hydrogen-bond acceptors (Lipinski definition) is 0. The molecule has 0 spiro atoms. The Labute approximate surface area is 118 Å². The van der Waals surface area contributed by atoms with Gasteiger partial charge >= 0.3 is 0 Å². The lowest BCUT2D eigenvalue weighted by Gasteiger charge is -2.00. The first-order chi connectivity index (χ1) is 9.92. The van der Waals surface area contributed by atoms with Gasteiger partial charge in [-0.3, -0.25) is 0 Å². The molecule has 2 N–H and O–H groups in total. The maximum atomic E-state index is 3.17. The molecule has 3 rings (SSSR count). The van der Waals surface area contributed by atoms with Crippen LogP contribution in [0.2, 0.25) is 0 Å². The quantitative estimate of drug-likeness (QED) is 0.682. The molecule has 0 radical (unpaired) electrons. The third-order valence-electron chi connectivity index (χ3n) is 3.12. The first kappa shape index (κ1) is 12.3. The minimum absolute atomic E-state index is 1.10. The molecule has 3 aromatic rings. The van der Waals surface area contributed by atoms with E-state index in [4.69, 9.17) is 0 Å². The molecule has 2 heterocycles. The van der Waals surface area contributed by atoms with Crippen molar-refractivity contribution in [3.05, 3.63) is 83.4 Å². The van der Waals surface area contributed by atoms with Crippen molar-refractivity contribution in [1.82, 2.24) is 9.97 Å². The normalized spacial score (nSPS) is 11.6. The number of H-pyrrole nitrogens is 2. The Morgan fingerprint density at radius 3 is 1.45 bits per heavy atom. The maximum absolute atomic E-state index is 3.17. The van der Waals surface area contributed by atoms with Crippen LogP contribution < -0.4 is 0 Å². The molecule has 0 saturated carbocycles. The van der Waals surface area contributed by atoms with Crippen molar-refractivity contribution in [2.75, 3.05) is 0 Å². The topological polar surface area (TPSA) is 31.6 Å². The van der Waals surface area contributed by atoms with Crippen LogP contribution in [0.1, 0.15) is 22.5 Å². The van der Waals surface area contributed by atoms with Crippen molar-refractivity contribution < 1.29 is 0 Å². The Morgan fingerprint density at radius 2 is 1.05 bits per heavy atom. The van der Waals surface area contributed by atoms with Crippen LogP contribution >= 0.6 is 0 Å². The smallest absolute Gasteiger partial charge is 0.0380 e. The van der Waals surface area contributed by atoms with Crippen LogP contribution in [-0.4, -0.2) is 9.97 Å². The van der Waals surface area contributed by atoms with Gasteiger partial charge in [0, 0.05) is 23.8 Å². The Balaban J connectivity index is 1.85. The summed E-state index contributed by atoms with van der Waals surface area (Å²) in [5, 5.41) is 0. The van der Waals surface area contributed by atoms with Gasteiger partial charge in [0.2, 0.25) is 0 Å². The summed E-state index contributed by atoms with van der Waals surface area (Å²) in [6.45, 7) is 0. The molecule has 2 aromatic heterocycles. The number of rotatable bonds is 4. The molecule has 0 fully saturated rings. The molecule has 0 aliphatic rings. The highest BCUT2D eigenvalue weighted by molar-refractivity contribution is 5.78. The Morgan fingerprint density at radius 1 is 0.550 bits per heavy atom. The molecule has 2 nitrogen and oxygen atoms in total. The lowest BCUT2D eigenvalue weighted by molar-refractivity contribution is 1.38. The van der Waals surface area contributed by atoms with Gasteiger partial charge < -0.3 is 9.97 Å². The van der Waals surface area contributed by atoms with Crippen LogP contribution in [0.5, 0.6) is 0 Å². The van der Waals surface area contributed by atoms with E-state index in [1.54, 1.807) is 0 Å². The summed E-state index contributed by atoms with van der Waals surface area (Å²) in [5.41, 5.74) is 4.61. The van der Waals surface area contributed by atoms with Gasteiger partial charge in [-0.05, 0) is 47.5 Å². The fourth-order valence-corrected chi connectivity index (χ4v) is 2.07. The molecule has 0 unspecified atom stereocenters. The summed E-state index contributed by atoms with van der Waals surface area (Å²) in [5.74, 6) is 0. The second kappa shape index (κ2) is 5.93. The average Bonchev–Trinajstić information content (AvgIpc) is 3.17. The minimum atomic E-state index is 1.10. The van der Waals surface area contributed by atoms with E-state index in [0.29, 0.717) is 0 Å². The molecule has 20 heavy (non-hydrogen) atoms. The zero-order valence-electron chi connectivity index (χ0n) is 11.1. The second-order valence-corrected chi connectivity index (χ2v) is 4.55. The second-order valence-electron chi connectivity index (χ2n) is 4.55. The van der Waals surface area contributed by atoms with Gasteiger partial charge in [-0.2, -0.15) is 0 Å². The number of aromatic nitrogens is 2. The van der Waals surface area contributed by atoms with Gasteiger partial charge in [-0.25, -0.2) is 0 Å². The van der Waals surface area contributed by atoms with Crippen LogP contribution in [0.4, 0.5) is 0 Å². The SMILES string of the molecule is C(=Cc1ccccc1C=Cc1ccc[nH]1)c1ccc[nH]1. The van der Waals surface area contributed by atoms with Crippen molar-refractivity contribution in [2.45, 2.75) is 0 Å². The third-order valence-corrected chi connectivity index (χ3v) is 3.12. The number of nitrogens with one attached hydrogen (secondary N) is 2. The highest BCUT2D eigenvalue weighted by Crippen LogP contribution is 2.15. The van der Waals surface area contributed by atoms with Crippen LogP contribution in [0.15, 0.2) is 60.9 Å². The van der Waals surface area contributed by atoms with E-state index >= 15 is 0 Å². The molecular formula is C18H16N2. The van der Waals surface area contributed by atoms with Gasteiger partial charge in [-0.15, -0.1) is 0 Å². The van der Waals surface area contributed by atoms with Crippen LogP contribution in [-0.2, 0) is 0 Å². The molecule has 0 aliphatic carbocycles. The fourth-order valence-electron chi connectivity index (χ4n) is 2.07. The first-order valence-electron chi connectivity index (χ1n) is 6.64. The molecule has 98 valence electrons. The van der Waals surface area contributed by atoms with Gasteiger partial charge in [0.05, 0.1) is 0 Å². The van der Waals surface area contributed by atoms with Crippen molar-refractivity contribution in [2.24, 2.45) is 0 Å². The molecule has 0 amide bonds. The van der Waals surface area contributed by atoms with E-state index in [1.807, 2.05) is 36.7 Å². The monoisotopic (exact) mass is 260 g/mol. The van der Waals surface area contributed by atoms with E-state index in [2.05, 4.69) is 58.5 Å². The molecule has 2 heteroatoms. The van der Waals surface area contributed by atoms with E-state index in [0.717, 1.165) is 11.4 Å².